The number of aromatic nitrogens is 2. The quantitative estimate of drug-likeness (QED) is 0.512. The number of thioether (sulfide) groups is 1. The number of carbonyl (C=O) groups excluding carboxylic acids is 1. The Hall–Kier alpha value is -2.21. The summed E-state index contributed by atoms with van der Waals surface area (Å²) in [5.41, 5.74) is 1.42. The topological polar surface area (TPSA) is 67.7 Å². The maximum absolute atomic E-state index is 13.3. The highest BCUT2D eigenvalue weighted by Gasteiger charge is 2.41. The molecule has 3 unspecified atom stereocenters. The van der Waals surface area contributed by atoms with Gasteiger partial charge in [0.05, 0.1) is 18.7 Å². The number of hydrogen-bond acceptors (Lipinski definition) is 7. The van der Waals surface area contributed by atoms with Gasteiger partial charge in [-0.15, -0.1) is 11.8 Å². The normalized spacial score (nSPS) is 27.6. The van der Waals surface area contributed by atoms with E-state index in [9.17, 15) is 22.8 Å². The summed E-state index contributed by atoms with van der Waals surface area (Å²) in [6.07, 6.45) is 2.87. The Bertz CT molecular complexity index is 1280. The molecule has 0 amide bonds. The van der Waals surface area contributed by atoms with Crippen LogP contribution >= 0.6 is 11.8 Å². The molecular weight excluding hydrogens is 529 g/mol. The van der Waals surface area contributed by atoms with Crippen molar-refractivity contribution in [1.82, 2.24) is 19.4 Å². The lowest BCUT2D eigenvalue weighted by atomic mass is 10.0. The molecule has 5 heterocycles. The third-order valence-electron chi connectivity index (χ3n) is 8.60. The standard InChI is InChI=1S/C28H33F3N4O3S/c29-28(30,31)20-10-22-14-33(6-7-35(22)27(37)11-20)15-23(36)9-19-13-34(21-4-8-38-17-21)16-26(19)39-25-2-1-18-3-5-32-12-24(18)25/h3,5,10-12,19,21,25-26H,1-2,4,6-9,13-17H2/t19?,21?,25?,26-/m0/s1. The number of Topliss-reactive ketones (excluding diaryl/α,β-unsaturated/α-hetero) is 1. The fourth-order valence-electron chi connectivity index (χ4n) is 6.57. The Morgan fingerprint density at radius 3 is 2.85 bits per heavy atom. The summed E-state index contributed by atoms with van der Waals surface area (Å²) in [4.78, 5) is 34.3. The zero-order valence-corrected chi connectivity index (χ0v) is 22.6. The van der Waals surface area contributed by atoms with Crippen LogP contribution in [0.15, 0.2) is 35.4 Å². The molecule has 0 radical (unpaired) electrons. The molecular formula is C28H33F3N4O3S. The van der Waals surface area contributed by atoms with Crippen molar-refractivity contribution in [1.29, 1.82) is 0 Å². The third kappa shape index (κ3) is 5.82. The summed E-state index contributed by atoms with van der Waals surface area (Å²) < 4.78 is 46.8. The van der Waals surface area contributed by atoms with E-state index >= 15 is 0 Å². The average molecular weight is 563 g/mol. The van der Waals surface area contributed by atoms with Crippen molar-refractivity contribution in [2.75, 3.05) is 39.4 Å². The number of rotatable bonds is 7. The molecule has 3 aliphatic heterocycles. The van der Waals surface area contributed by atoms with Crippen LogP contribution in [0, 0.1) is 5.92 Å². The lowest BCUT2D eigenvalue weighted by Crippen LogP contribution is -2.42. The van der Waals surface area contributed by atoms with Crippen LogP contribution < -0.4 is 5.56 Å². The smallest absolute Gasteiger partial charge is 0.380 e. The largest absolute Gasteiger partial charge is 0.416 e. The number of hydrogen-bond donors (Lipinski definition) is 0. The van der Waals surface area contributed by atoms with Crippen LogP contribution in [0.5, 0.6) is 0 Å². The first kappa shape index (κ1) is 27.0. The Balaban J connectivity index is 1.12. The van der Waals surface area contributed by atoms with Gasteiger partial charge in [-0.25, -0.2) is 0 Å². The number of pyridine rings is 2. The summed E-state index contributed by atoms with van der Waals surface area (Å²) in [6.45, 7) is 4.39. The van der Waals surface area contributed by atoms with Crippen LogP contribution in [-0.2, 0) is 35.2 Å². The van der Waals surface area contributed by atoms with Crippen molar-refractivity contribution in [2.24, 2.45) is 5.92 Å². The van der Waals surface area contributed by atoms with Crippen LogP contribution in [0.3, 0.4) is 0 Å². The molecule has 0 spiro atoms. The van der Waals surface area contributed by atoms with E-state index in [1.807, 2.05) is 29.1 Å². The van der Waals surface area contributed by atoms with Crippen LogP contribution in [0.2, 0.25) is 0 Å². The zero-order chi connectivity index (χ0) is 27.1. The second kappa shape index (κ2) is 11.0. The predicted octanol–water partition coefficient (Wildman–Crippen LogP) is 3.55. The molecule has 2 fully saturated rings. The maximum atomic E-state index is 13.3. The van der Waals surface area contributed by atoms with E-state index in [1.54, 1.807) is 0 Å². The van der Waals surface area contributed by atoms with Gasteiger partial charge in [0.25, 0.3) is 5.56 Å². The van der Waals surface area contributed by atoms with Gasteiger partial charge in [0, 0.05) is 86.4 Å². The van der Waals surface area contributed by atoms with Gasteiger partial charge in [-0.1, -0.05) is 0 Å². The second-order valence-corrected chi connectivity index (χ2v) is 12.6. The minimum Gasteiger partial charge on any atom is -0.380 e. The Kier molecular flexibility index (Phi) is 7.60. The van der Waals surface area contributed by atoms with Gasteiger partial charge in [0.15, 0.2) is 0 Å². The number of ketones is 1. The molecule has 4 aliphatic rings. The number of ether oxygens (including phenoxy) is 1. The number of fused-ring (bicyclic) bond motifs is 2. The van der Waals surface area contributed by atoms with Crippen LogP contribution in [0.4, 0.5) is 13.2 Å². The molecule has 2 aromatic heterocycles. The number of aryl methyl sites for hydroxylation is 1. The molecule has 39 heavy (non-hydrogen) atoms. The number of carbonyl (C=O) groups is 1. The SMILES string of the molecule is O=C(CC1CN(C2CCOC2)C[C@@H]1SC1CCc2ccncc21)CN1CCn2c(cc(C(F)(F)F)cc2=O)C1. The van der Waals surface area contributed by atoms with Gasteiger partial charge in [-0.05, 0) is 48.4 Å². The van der Waals surface area contributed by atoms with Gasteiger partial charge < -0.3 is 9.30 Å². The fourth-order valence-corrected chi connectivity index (χ4v) is 8.29. The van der Waals surface area contributed by atoms with E-state index < -0.39 is 17.3 Å². The predicted molar refractivity (Wildman–Crippen MR) is 142 cm³/mol. The maximum Gasteiger partial charge on any atom is 0.416 e. The number of nitrogens with zero attached hydrogens (tertiary/aromatic N) is 4. The lowest BCUT2D eigenvalue weighted by Gasteiger charge is -2.30. The number of alkyl halides is 3. The molecule has 2 saturated heterocycles. The minimum absolute atomic E-state index is 0.103. The summed E-state index contributed by atoms with van der Waals surface area (Å²) in [5.74, 6) is 0.312. The highest BCUT2D eigenvalue weighted by atomic mass is 32.2. The first-order valence-corrected chi connectivity index (χ1v) is 14.6. The van der Waals surface area contributed by atoms with Gasteiger partial charge in [0.1, 0.15) is 5.78 Å². The summed E-state index contributed by atoms with van der Waals surface area (Å²) in [6, 6.07) is 4.20. The van der Waals surface area contributed by atoms with Crippen LogP contribution in [0.1, 0.15) is 46.9 Å². The Morgan fingerprint density at radius 2 is 2.05 bits per heavy atom. The molecule has 0 N–H and O–H groups in total. The highest BCUT2D eigenvalue weighted by Crippen LogP contribution is 2.46. The second-order valence-electron chi connectivity index (χ2n) is 11.2. The lowest BCUT2D eigenvalue weighted by molar-refractivity contribution is -0.138. The van der Waals surface area contributed by atoms with Crippen LogP contribution in [0.25, 0.3) is 0 Å². The van der Waals surface area contributed by atoms with E-state index in [2.05, 4.69) is 16.0 Å². The molecule has 0 aromatic carbocycles. The molecule has 6 rings (SSSR count). The molecule has 7 nitrogen and oxygen atoms in total. The van der Waals surface area contributed by atoms with E-state index in [0.717, 1.165) is 51.6 Å². The van der Waals surface area contributed by atoms with E-state index in [-0.39, 0.29) is 31.3 Å². The number of likely N-dealkylation sites (tertiary alicyclic amines) is 1. The monoisotopic (exact) mass is 562 g/mol. The summed E-state index contributed by atoms with van der Waals surface area (Å²) >= 11 is 1.98. The van der Waals surface area contributed by atoms with Gasteiger partial charge in [0.2, 0.25) is 0 Å². The van der Waals surface area contributed by atoms with E-state index in [4.69, 9.17) is 4.74 Å². The fraction of sp³-hybridized carbons (Fsp3) is 0.607. The molecule has 0 bridgehead atoms. The van der Waals surface area contributed by atoms with Gasteiger partial charge >= 0.3 is 6.18 Å². The van der Waals surface area contributed by atoms with E-state index in [0.29, 0.717) is 41.3 Å². The van der Waals surface area contributed by atoms with Crippen molar-refractivity contribution in [3.63, 3.8) is 0 Å². The molecule has 11 heteroatoms. The summed E-state index contributed by atoms with van der Waals surface area (Å²) in [7, 11) is 0. The van der Waals surface area contributed by atoms with Crippen molar-refractivity contribution in [3.8, 4) is 0 Å². The Morgan fingerprint density at radius 1 is 1.18 bits per heavy atom. The average Bonchev–Trinajstić information content (AvgIpc) is 3.65. The van der Waals surface area contributed by atoms with Crippen molar-refractivity contribution < 1.29 is 22.7 Å². The van der Waals surface area contributed by atoms with Crippen molar-refractivity contribution >= 4 is 17.5 Å². The zero-order valence-electron chi connectivity index (χ0n) is 21.7. The molecule has 1 aliphatic carbocycles. The third-order valence-corrected chi connectivity index (χ3v) is 10.3. The number of halogens is 3. The first-order valence-electron chi connectivity index (χ1n) is 13.7. The van der Waals surface area contributed by atoms with Crippen molar-refractivity contribution in [3.05, 3.63) is 63.3 Å². The summed E-state index contributed by atoms with van der Waals surface area (Å²) in [5, 5.41) is 0.705. The Labute approximate surface area is 229 Å². The van der Waals surface area contributed by atoms with Gasteiger partial charge in [-0.2, -0.15) is 13.2 Å². The van der Waals surface area contributed by atoms with Gasteiger partial charge in [-0.3, -0.25) is 24.4 Å². The van der Waals surface area contributed by atoms with Crippen LogP contribution in [-0.4, -0.2) is 75.8 Å². The molecule has 0 saturated carbocycles. The minimum atomic E-state index is -4.58. The first-order chi connectivity index (χ1) is 18.7. The molecule has 2 aromatic rings. The van der Waals surface area contributed by atoms with E-state index in [1.165, 1.54) is 15.7 Å². The van der Waals surface area contributed by atoms with Crippen molar-refractivity contribution in [2.45, 2.75) is 61.5 Å². The highest BCUT2D eigenvalue weighted by molar-refractivity contribution is 8.00. The molecule has 4 atom stereocenters. The molecule has 210 valence electrons.